The van der Waals surface area contributed by atoms with Gasteiger partial charge in [0.05, 0.1) is 12.3 Å². The van der Waals surface area contributed by atoms with E-state index in [4.69, 9.17) is 4.74 Å². The van der Waals surface area contributed by atoms with Crippen LogP contribution in [0.25, 0.3) is 10.8 Å². The highest BCUT2D eigenvalue weighted by molar-refractivity contribution is 7.88. The molecular formula is C21H19NO3S. The third kappa shape index (κ3) is 5.09. The summed E-state index contributed by atoms with van der Waals surface area (Å²) in [4.78, 5) is 0. The standard InChI is InChI=1S/C21H19NO3S/c23-26(24,17-18-9-2-1-3-10-18)22-15-6-7-16-25-21-14-8-12-19-11-4-5-13-20(19)21/h1-5,8-14,22H,15-17H2. The van der Waals surface area contributed by atoms with Gasteiger partial charge in [-0.3, -0.25) is 0 Å². The van der Waals surface area contributed by atoms with E-state index in [1.807, 2.05) is 60.7 Å². The lowest BCUT2D eigenvalue weighted by Crippen LogP contribution is -2.25. The van der Waals surface area contributed by atoms with E-state index >= 15 is 0 Å². The van der Waals surface area contributed by atoms with Crippen molar-refractivity contribution in [2.24, 2.45) is 0 Å². The smallest absolute Gasteiger partial charge is 0.216 e. The molecule has 0 amide bonds. The molecule has 0 radical (unpaired) electrons. The summed E-state index contributed by atoms with van der Waals surface area (Å²) in [5, 5.41) is 2.13. The van der Waals surface area contributed by atoms with Gasteiger partial charge in [-0.05, 0) is 17.0 Å². The summed E-state index contributed by atoms with van der Waals surface area (Å²) in [6.45, 7) is 0.266. The van der Waals surface area contributed by atoms with Gasteiger partial charge in [0.25, 0.3) is 0 Å². The third-order valence-electron chi connectivity index (χ3n) is 3.75. The van der Waals surface area contributed by atoms with E-state index in [1.165, 1.54) is 0 Å². The van der Waals surface area contributed by atoms with Gasteiger partial charge in [-0.15, -0.1) is 0 Å². The SMILES string of the molecule is O=S(=O)(Cc1ccccc1)NCC#CCOc1cccc2ccccc12. The van der Waals surface area contributed by atoms with Crippen molar-refractivity contribution in [3.8, 4) is 17.6 Å². The fourth-order valence-electron chi connectivity index (χ4n) is 2.54. The maximum absolute atomic E-state index is 12.0. The largest absolute Gasteiger partial charge is 0.480 e. The van der Waals surface area contributed by atoms with Crippen molar-refractivity contribution in [2.75, 3.05) is 13.2 Å². The van der Waals surface area contributed by atoms with Crippen LogP contribution in [-0.4, -0.2) is 21.6 Å². The molecule has 0 heterocycles. The molecule has 0 saturated carbocycles. The van der Waals surface area contributed by atoms with Crippen LogP contribution in [0.3, 0.4) is 0 Å². The molecule has 0 fully saturated rings. The molecule has 132 valence electrons. The summed E-state index contributed by atoms with van der Waals surface area (Å²) in [5.74, 6) is 6.33. The average Bonchev–Trinajstić information content (AvgIpc) is 2.65. The van der Waals surface area contributed by atoms with Gasteiger partial charge in [-0.25, -0.2) is 13.1 Å². The Bertz CT molecular complexity index is 1030. The van der Waals surface area contributed by atoms with Gasteiger partial charge < -0.3 is 4.74 Å². The first kappa shape index (κ1) is 18.0. The van der Waals surface area contributed by atoms with Crippen molar-refractivity contribution in [2.45, 2.75) is 5.75 Å². The van der Waals surface area contributed by atoms with Crippen LogP contribution in [0.1, 0.15) is 5.56 Å². The van der Waals surface area contributed by atoms with E-state index in [1.54, 1.807) is 12.1 Å². The summed E-state index contributed by atoms with van der Waals surface area (Å²) in [5.41, 5.74) is 0.743. The molecule has 0 aliphatic heterocycles. The molecular weight excluding hydrogens is 346 g/mol. The Hall–Kier alpha value is -2.81. The number of hydrogen-bond donors (Lipinski definition) is 1. The lowest BCUT2D eigenvalue weighted by molar-refractivity contribution is 0.374. The Labute approximate surface area is 153 Å². The van der Waals surface area contributed by atoms with E-state index < -0.39 is 10.0 Å². The van der Waals surface area contributed by atoms with E-state index in [2.05, 4.69) is 16.6 Å². The maximum Gasteiger partial charge on any atom is 0.216 e. The van der Waals surface area contributed by atoms with Gasteiger partial charge in [-0.2, -0.15) is 0 Å². The molecule has 5 heteroatoms. The van der Waals surface area contributed by atoms with Gasteiger partial charge >= 0.3 is 0 Å². The molecule has 0 saturated heterocycles. The van der Waals surface area contributed by atoms with Crippen molar-refractivity contribution in [3.63, 3.8) is 0 Å². The Morgan fingerprint density at radius 3 is 2.42 bits per heavy atom. The molecule has 4 nitrogen and oxygen atoms in total. The third-order valence-corrected chi connectivity index (χ3v) is 5.05. The minimum atomic E-state index is -3.40. The number of hydrogen-bond acceptors (Lipinski definition) is 3. The van der Waals surface area contributed by atoms with Crippen LogP contribution >= 0.6 is 0 Å². The van der Waals surface area contributed by atoms with Crippen molar-refractivity contribution in [3.05, 3.63) is 78.4 Å². The average molecular weight is 365 g/mol. The summed E-state index contributed by atoms with van der Waals surface area (Å²) in [6, 6.07) is 22.9. The van der Waals surface area contributed by atoms with Crippen LogP contribution in [0, 0.1) is 11.8 Å². The molecule has 26 heavy (non-hydrogen) atoms. The Kier molecular flexibility index (Phi) is 5.90. The summed E-state index contributed by atoms with van der Waals surface area (Å²) in [7, 11) is -3.40. The van der Waals surface area contributed by atoms with E-state index in [9.17, 15) is 8.42 Å². The van der Waals surface area contributed by atoms with Crippen LogP contribution in [0.4, 0.5) is 0 Å². The van der Waals surface area contributed by atoms with Crippen LogP contribution in [0.15, 0.2) is 72.8 Å². The van der Waals surface area contributed by atoms with Crippen molar-refractivity contribution in [1.29, 1.82) is 0 Å². The maximum atomic E-state index is 12.0. The van der Waals surface area contributed by atoms with Crippen molar-refractivity contribution >= 4 is 20.8 Å². The topological polar surface area (TPSA) is 55.4 Å². The minimum Gasteiger partial charge on any atom is -0.480 e. The first-order valence-electron chi connectivity index (χ1n) is 8.22. The number of fused-ring (bicyclic) bond motifs is 1. The Balaban J connectivity index is 1.50. The highest BCUT2D eigenvalue weighted by Gasteiger charge is 2.09. The first-order valence-corrected chi connectivity index (χ1v) is 9.87. The molecule has 0 unspecified atom stereocenters. The fourth-order valence-corrected chi connectivity index (χ4v) is 3.57. The quantitative estimate of drug-likeness (QED) is 0.682. The number of sulfonamides is 1. The Morgan fingerprint density at radius 1 is 0.846 bits per heavy atom. The highest BCUT2D eigenvalue weighted by atomic mass is 32.2. The van der Waals surface area contributed by atoms with Gasteiger partial charge in [0.15, 0.2) is 0 Å². The Morgan fingerprint density at radius 2 is 1.58 bits per heavy atom. The number of nitrogens with one attached hydrogen (secondary N) is 1. The lowest BCUT2D eigenvalue weighted by Gasteiger charge is -2.06. The van der Waals surface area contributed by atoms with Crippen LogP contribution in [0.2, 0.25) is 0 Å². The highest BCUT2D eigenvalue weighted by Crippen LogP contribution is 2.24. The van der Waals surface area contributed by atoms with E-state index in [0.29, 0.717) is 0 Å². The molecule has 3 rings (SSSR count). The van der Waals surface area contributed by atoms with E-state index in [0.717, 1.165) is 22.1 Å². The zero-order chi connectivity index (χ0) is 18.2. The van der Waals surface area contributed by atoms with Crippen LogP contribution in [0.5, 0.6) is 5.75 Å². The fraction of sp³-hybridized carbons (Fsp3) is 0.143. The molecule has 0 bridgehead atoms. The zero-order valence-electron chi connectivity index (χ0n) is 14.2. The molecule has 0 aliphatic carbocycles. The predicted octanol–water partition coefficient (Wildman–Crippen LogP) is 3.34. The number of ether oxygens (including phenoxy) is 1. The molecule has 0 aliphatic rings. The number of rotatable bonds is 6. The summed E-state index contributed by atoms with van der Waals surface area (Å²) < 4.78 is 32.2. The summed E-state index contributed by atoms with van der Waals surface area (Å²) >= 11 is 0. The van der Waals surface area contributed by atoms with Crippen molar-refractivity contribution in [1.82, 2.24) is 4.72 Å². The minimum absolute atomic E-state index is 0.0535. The second-order valence-corrected chi connectivity index (χ2v) is 7.49. The molecule has 1 N–H and O–H groups in total. The zero-order valence-corrected chi connectivity index (χ0v) is 15.0. The second kappa shape index (κ2) is 8.52. The van der Waals surface area contributed by atoms with Crippen LogP contribution in [-0.2, 0) is 15.8 Å². The lowest BCUT2D eigenvalue weighted by atomic mass is 10.1. The van der Waals surface area contributed by atoms with Gasteiger partial charge in [0, 0.05) is 5.39 Å². The number of benzene rings is 3. The van der Waals surface area contributed by atoms with E-state index in [-0.39, 0.29) is 18.9 Å². The summed E-state index contributed by atoms with van der Waals surface area (Å²) in [6.07, 6.45) is 0. The van der Waals surface area contributed by atoms with Crippen LogP contribution < -0.4 is 9.46 Å². The van der Waals surface area contributed by atoms with Crippen molar-refractivity contribution < 1.29 is 13.2 Å². The molecule has 3 aromatic carbocycles. The second-order valence-electron chi connectivity index (χ2n) is 5.69. The molecule has 0 spiro atoms. The molecule has 0 aromatic heterocycles. The monoisotopic (exact) mass is 365 g/mol. The first-order chi connectivity index (χ1) is 12.6. The molecule has 0 atom stereocenters. The normalized spacial score (nSPS) is 10.9. The predicted molar refractivity (Wildman–Crippen MR) is 104 cm³/mol. The van der Waals surface area contributed by atoms with Gasteiger partial charge in [0.2, 0.25) is 10.0 Å². The molecule has 3 aromatic rings. The van der Waals surface area contributed by atoms with Gasteiger partial charge in [0.1, 0.15) is 12.4 Å². The van der Waals surface area contributed by atoms with Gasteiger partial charge in [-0.1, -0.05) is 78.6 Å².